The molecule has 0 aliphatic rings. The Kier molecular flexibility index (Phi) is 12.6. The standard InChI is InChI=1S/C29H25N5O14S4/c1-44-25-14-20(32-31-19-5-3-16-10-21(49-47-45-36)15-27(22(16)13-19)52(41,42)43)6-7-24(25)33-34-28-26(50-48-46-37)11-17-2-4-18(12-23(17)29(28)35)30-8-9-51(38,39)40/h2-7,10-15,30,35-37H,8-9H2,1H3,(H,38,39,40)(H,41,42,43)/b32-31+,34-33+. The minimum atomic E-state index is -4.68. The number of hydrogen-bond donors (Lipinski definition) is 6. The van der Waals surface area contributed by atoms with E-state index in [9.17, 15) is 26.5 Å². The number of nitrogens with one attached hydrogen (secondary N) is 1. The molecule has 23 heteroatoms. The van der Waals surface area contributed by atoms with Gasteiger partial charge in [-0.2, -0.15) is 27.1 Å². The predicted molar refractivity (Wildman–Crippen MR) is 187 cm³/mol. The Balaban J connectivity index is 1.43. The molecule has 5 aromatic rings. The Labute approximate surface area is 302 Å². The molecule has 274 valence electrons. The minimum absolute atomic E-state index is 0.0870. The normalized spacial score (nSPS) is 12.4. The van der Waals surface area contributed by atoms with Crippen LogP contribution in [0.4, 0.5) is 28.4 Å². The maximum absolute atomic E-state index is 12.1. The highest BCUT2D eigenvalue weighted by Crippen LogP contribution is 2.45. The molecule has 0 saturated carbocycles. The van der Waals surface area contributed by atoms with E-state index >= 15 is 0 Å². The van der Waals surface area contributed by atoms with Gasteiger partial charge in [0.1, 0.15) is 22.0 Å². The fraction of sp³-hybridized carbons (Fsp3) is 0.103. The SMILES string of the molecule is COc1cc(/N=N/c2ccc3cc(SOOO)cc(S(=O)(=O)O)c3c2)ccc1/N=N/c1c(SOOO)cc2ccc(NCCS(=O)(=O)O)cc2c1O. The smallest absolute Gasteiger partial charge is 0.295 e. The van der Waals surface area contributed by atoms with E-state index < -0.39 is 30.9 Å². The molecule has 19 nitrogen and oxygen atoms in total. The largest absolute Gasteiger partial charge is 0.505 e. The summed E-state index contributed by atoms with van der Waals surface area (Å²) in [4.78, 5) is -0.0388. The van der Waals surface area contributed by atoms with Gasteiger partial charge in [0.15, 0.2) is 5.75 Å². The van der Waals surface area contributed by atoms with E-state index in [0.29, 0.717) is 51.6 Å². The van der Waals surface area contributed by atoms with Crippen LogP contribution in [0.2, 0.25) is 0 Å². The Morgan fingerprint density at radius 3 is 2.12 bits per heavy atom. The first-order chi connectivity index (χ1) is 24.8. The third-order valence-corrected chi connectivity index (χ3v) is 9.70. The Morgan fingerprint density at radius 2 is 1.42 bits per heavy atom. The maximum atomic E-state index is 12.1. The summed E-state index contributed by atoms with van der Waals surface area (Å²) in [6.07, 6.45) is 0. The van der Waals surface area contributed by atoms with Crippen molar-refractivity contribution in [1.29, 1.82) is 0 Å². The number of phenols is 1. The van der Waals surface area contributed by atoms with Gasteiger partial charge in [0.2, 0.25) is 0 Å². The van der Waals surface area contributed by atoms with Crippen molar-refractivity contribution in [2.75, 3.05) is 24.7 Å². The second-order valence-corrected chi connectivity index (χ2v) is 14.7. The molecule has 0 atom stereocenters. The summed E-state index contributed by atoms with van der Waals surface area (Å²) < 4.78 is 79.5. The summed E-state index contributed by atoms with van der Waals surface area (Å²) in [5, 5.41) is 56.5. The molecule has 52 heavy (non-hydrogen) atoms. The average Bonchev–Trinajstić information content (AvgIpc) is 3.11. The molecule has 0 unspecified atom stereocenters. The van der Waals surface area contributed by atoms with Gasteiger partial charge in [-0.1, -0.05) is 22.2 Å². The summed E-state index contributed by atoms with van der Waals surface area (Å²) in [5.74, 6) is -0.682. The summed E-state index contributed by atoms with van der Waals surface area (Å²) >= 11 is 1.05. The molecule has 5 aromatic carbocycles. The number of azo groups is 2. The number of nitrogens with zero attached hydrogens (tertiary/aromatic N) is 4. The fourth-order valence-electron chi connectivity index (χ4n) is 4.68. The van der Waals surface area contributed by atoms with Gasteiger partial charge in [-0.15, -0.1) is 18.9 Å². The molecule has 0 radical (unpaired) electrons. The highest BCUT2D eigenvalue weighted by Gasteiger charge is 2.18. The van der Waals surface area contributed by atoms with Crippen molar-refractivity contribution in [2.45, 2.75) is 14.7 Å². The van der Waals surface area contributed by atoms with Crippen LogP contribution in [0.25, 0.3) is 21.5 Å². The van der Waals surface area contributed by atoms with E-state index in [1.54, 1.807) is 30.3 Å². The molecule has 0 bridgehead atoms. The van der Waals surface area contributed by atoms with Crippen molar-refractivity contribution in [1.82, 2.24) is 0 Å². The number of rotatable bonds is 16. The number of methoxy groups -OCH3 is 1. The van der Waals surface area contributed by atoms with Gasteiger partial charge in [-0.05, 0) is 65.4 Å². The molecular weight excluding hydrogens is 771 g/mol. The van der Waals surface area contributed by atoms with Gasteiger partial charge < -0.3 is 15.2 Å². The molecule has 6 N–H and O–H groups in total. The number of aromatic hydroxyl groups is 1. The number of ether oxygens (including phenoxy) is 1. The minimum Gasteiger partial charge on any atom is -0.505 e. The lowest BCUT2D eigenvalue weighted by Crippen LogP contribution is -2.14. The lowest BCUT2D eigenvalue weighted by atomic mass is 10.1. The van der Waals surface area contributed by atoms with Crippen LogP contribution in [0, 0.1) is 0 Å². The zero-order valence-electron chi connectivity index (χ0n) is 26.2. The number of benzene rings is 5. The summed E-state index contributed by atoms with van der Waals surface area (Å²) in [5.41, 5.74) is 1.08. The quantitative estimate of drug-likeness (QED) is 0.0182. The van der Waals surface area contributed by atoms with Crippen molar-refractivity contribution in [3.8, 4) is 11.5 Å². The highest BCUT2D eigenvalue weighted by atomic mass is 32.2. The first-order valence-corrected chi connectivity index (χ1v) is 18.7. The number of fused-ring (bicyclic) bond motifs is 2. The van der Waals surface area contributed by atoms with Gasteiger partial charge in [0.25, 0.3) is 20.2 Å². The van der Waals surface area contributed by atoms with Crippen molar-refractivity contribution < 1.29 is 65.0 Å². The summed E-state index contributed by atoms with van der Waals surface area (Å²) in [6, 6.07) is 18.0. The van der Waals surface area contributed by atoms with E-state index in [1.807, 2.05) is 0 Å². The predicted octanol–water partition coefficient (Wildman–Crippen LogP) is 7.94. The molecule has 0 heterocycles. The van der Waals surface area contributed by atoms with Crippen LogP contribution >= 0.6 is 24.1 Å². The van der Waals surface area contributed by atoms with Crippen LogP contribution in [-0.4, -0.2) is 61.0 Å². The van der Waals surface area contributed by atoms with Gasteiger partial charge in [-0.3, -0.25) is 9.11 Å². The number of hydrogen-bond acceptors (Lipinski definition) is 19. The topological polar surface area (TPSA) is 277 Å². The van der Waals surface area contributed by atoms with Crippen molar-refractivity contribution in [2.24, 2.45) is 20.5 Å². The average molecular weight is 796 g/mol. The van der Waals surface area contributed by atoms with Crippen LogP contribution in [0.15, 0.2) is 108 Å². The molecule has 0 amide bonds. The third-order valence-electron chi connectivity index (χ3n) is 6.91. The molecule has 0 aromatic heterocycles. The van der Waals surface area contributed by atoms with E-state index in [2.05, 4.69) is 44.5 Å². The van der Waals surface area contributed by atoms with Crippen molar-refractivity contribution in [3.63, 3.8) is 0 Å². The molecule has 0 aliphatic carbocycles. The third kappa shape index (κ3) is 9.88. The van der Waals surface area contributed by atoms with Gasteiger partial charge in [0.05, 0.1) is 53.2 Å². The zero-order chi connectivity index (χ0) is 37.5. The lowest BCUT2D eigenvalue weighted by Gasteiger charge is -2.11. The van der Waals surface area contributed by atoms with E-state index in [4.69, 9.17) is 19.8 Å². The van der Waals surface area contributed by atoms with Crippen LogP contribution in [0.5, 0.6) is 11.5 Å². The Bertz CT molecular complexity index is 2400. The monoisotopic (exact) mass is 795 g/mol. The summed E-state index contributed by atoms with van der Waals surface area (Å²) in [6.45, 7) is -0.0979. The Hall–Kier alpha value is -4.50. The van der Waals surface area contributed by atoms with E-state index in [1.165, 1.54) is 43.5 Å². The van der Waals surface area contributed by atoms with Gasteiger partial charge in [-0.25, -0.2) is 10.5 Å². The van der Waals surface area contributed by atoms with Crippen molar-refractivity contribution >= 4 is 94.3 Å². The van der Waals surface area contributed by atoms with Gasteiger partial charge >= 0.3 is 0 Å². The first kappa shape index (κ1) is 38.7. The number of anilines is 1. The zero-order valence-corrected chi connectivity index (χ0v) is 29.4. The van der Waals surface area contributed by atoms with Crippen LogP contribution in [0.3, 0.4) is 0 Å². The second-order valence-electron chi connectivity index (χ2n) is 10.2. The first-order valence-electron chi connectivity index (χ1n) is 14.1. The fourth-order valence-corrected chi connectivity index (χ4v) is 6.79. The maximum Gasteiger partial charge on any atom is 0.295 e. The van der Waals surface area contributed by atoms with E-state index in [0.717, 1.165) is 6.07 Å². The molecular formula is C29H25N5O14S4. The van der Waals surface area contributed by atoms with Gasteiger partial charge in [0, 0.05) is 34.0 Å². The number of phenolic OH excluding ortho intramolecular Hbond substituents is 1. The highest BCUT2D eigenvalue weighted by molar-refractivity contribution is 7.95. The molecule has 0 fully saturated rings. The van der Waals surface area contributed by atoms with Crippen LogP contribution in [0.1, 0.15) is 0 Å². The molecule has 0 spiro atoms. The lowest BCUT2D eigenvalue weighted by molar-refractivity contribution is -0.432. The van der Waals surface area contributed by atoms with Crippen LogP contribution in [-0.2, 0) is 39.0 Å². The second kappa shape index (κ2) is 16.9. The Morgan fingerprint density at radius 1 is 0.750 bits per heavy atom. The molecule has 0 saturated heterocycles. The van der Waals surface area contributed by atoms with Crippen molar-refractivity contribution in [3.05, 3.63) is 72.8 Å². The van der Waals surface area contributed by atoms with Crippen LogP contribution < -0.4 is 10.1 Å². The van der Waals surface area contributed by atoms with E-state index in [-0.39, 0.29) is 50.3 Å². The molecule has 0 aliphatic heterocycles. The summed E-state index contributed by atoms with van der Waals surface area (Å²) in [7, 11) is -7.50. The molecule has 5 rings (SSSR count).